The monoisotopic (exact) mass is 497 g/mol. The highest BCUT2D eigenvalue weighted by Crippen LogP contribution is 2.32. The van der Waals surface area contributed by atoms with Gasteiger partial charge in [-0.3, -0.25) is 19.4 Å². The van der Waals surface area contributed by atoms with Crippen LogP contribution in [-0.4, -0.2) is 99.2 Å². The molecular formula is C27H31N9O. The minimum Gasteiger partial charge on any atom is -0.354 e. The number of carbonyl (C=O) groups is 1. The van der Waals surface area contributed by atoms with Crippen molar-refractivity contribution in [3.05, 3.63) is 54.7 Å². The Bertz CT molecular complexity index is 1460. The van der Waals surface area contributed by atoms with E-state index < -0.39 is 0 Å². The minimum atomic E-state index is 0.0356. The van der Waals surface area contributed by atoms with Crippen LogP contribution in [-0.2, 0) is 11.8 Å². The Morgan fingerprint density at radius 3 is 2.43 bits per heavy atom. The number of nitrogens with zero attached hydrogens (tertiary/aromatic N) is 9. The highest BCUT2D eigenvalue weighted by atomic mass is 16.2. The lowest BCUT2D eigenvalue weighted by Gasteiger charge is -2.37. The van der Waals surface area contributed by atoms with E-state index in [1.54, 1.807) is 11.7 Å². The van der Waals surface area contributed by atoms with E-state index in [2.05, 4.69) is 43.2 Å². The Kier molecular flexibility index (Phi) is 5.96. The highest BCUT2D eigenvalue weighted by Gasteiger charge is 2.35. The number of carbonyl (C=O) groups excluding carboxylic acids is 1. The van der Waals surface area contributed by atoms with E-state index in [0.717, 1.165) is 78.3 Å². The molecule has 37 heavy (non-hydrogen) atoms. The lowest BCUT2D eigenvalue weighted by atomic mass is 10.0. The maximum atomic E-state index is 12.4. The molecule has 10 nitrogen and oxygen atoms in total. The second-order valence-corrected chi connectivity index (χ2v) is 9.82. The van der Waals surface area contributed by atoms with Gasteiger partial charge in [0, 0.05) is 106 Å². The lowest BCUT2D eigenvalue weighted by Crippen LogP contribution is -2.52. The zero-order valence-electron chi connectivity index (χ0n) is 21.4. The fourth-order valence-electron chi connectivity index (χ4n) is 5.46. The van der Waals surface area contributed by atoms with E-state index in [-0.39, 0.29) is 11.9 Å². The third kappa shape index (κ3) is 4.27. The summed E-state index contributed by atoms with van der Waals surface area (Å²) in [6.07, 6.45) is 12.4. The zero-order chi connectivity index (χ0) is 25.5. The lowest BCUT2D eigenvalue weighted by molar-refractivity contribution is -0.131. The van der Waals surface area contributed by atoms with Crippen LogP contribution in [0.3, 0.4) is 0 Å². The number of rotatable bonds is 5. The number of fused-ring (bicyclic) bond motifs is 1. The van der Waals surface area contributed by atoms with Gasteiger partial charge in [0.1, 0.15) is 5.82 Å². The summed E-state index contributed by atoms with van der Waals surface area (Å²) in [5.41, 5.74) is 6.08. The molecule has 0 aromatic carbocycles. The third-order valence-corrected chi connectivity index (χ3v) is 7.48. The van der Waals surface area contributed by atoms with Crippen molar-refractivity contribution in [3.63, 3.8) is 0 Å². The normalized spacial score (nSPS) is 19.1. The van der Waals surface area contributed by atoms with E-state index in [9.17, 15) is 4.79 Å². The van der Waals surface area contributed by atoms with Gasteiger partial charge in [-0.25, -0.2) is 9.50 Å². The summed E-state index contributed by atoms with van der Waals surface area (Å²) in [7, 11) is 5.58. The Balaban J connectivity index is 1.27. The average Bonchev–Trinajstić information content (AvgIpc) is 3.63. The van der Waals surface area contributed by atoms with Crippen molar-refractivity contribution in [2.24, 2.45) is 12.0 Å². The van der Waals surface area contributed by atoms with Crippen molar-refractivity contribution < 1.29 is 4.79 Å². The number of hydrogen-bond acceptors (Lipinski definition) is 7. The molecule has 2 fully saturated rings. The standard InChI is InChI=1S/C27H31N9O/c1-28-13-21-15-31-36-18-20(22-16-30-33(3)17-22)12-23(26(21)36)19-4-5-25(29-14-19)35-10-8-34(9-11-35)24-6-7-32(2)27(24)37/h4-5,12-18,24H,6-11H2,1-3H3/b28-13-. The molecule has 2 aliphatic rings. The molecular weight excluding hydrogens is 466 g/mol. The first-order valence-electron chi connectivity index (χ1n) is 12.6. The third-order valence-electron chi connectivity index (χ3n) is 7.48. The average molecular weight is 498 g/mol. The fourth-order valence-corrected chi connectivity index (χ4v) is 5.46. The number of aliphatic imine (C=N–C) groups is 1. The van der Waals surface area contributed by atoms with Crippen molar-refractivity contribution in [1.29, 1.82) is 0 Å². The molecule has 1 amide bonds. The summed E-state index contributed by atoms with van der Waals surface area (Å²) >= 11 is 0. The molecule has 1 unspecified atom stereocenters. The van der Waals surface area contributed by atoms with Crippen LogP contribution in [0.1, 0.15) is 12.0 Å². The summed E-state index contributed by atoms with van der Waals surface area (Å²) in [4.78, 5) is 28.0. The van der Waals surface area contributed by atoms with Gasteiger partial charge in [0.05, 0.1) is 24.0 Å². The van der Waals surface area contributed by atoms with Gasteiger partial charge in [-0.1, -0.05) is 0 Å². The van der Waals surface area contributed by atoms with Crippen LogP contribution in [0.2, 0.25) is 0 Å². The Morgan fingerprint density at radius 1 is 0.946 bits per heavy atom. The molecule has 6 rings (SSSR count). The molecule has 6 heterocycles. The Morgan fingerprint density at radius 2 is 1.78 bits per heavy atom. The molecule has 0 N–H and O–H groups in total. The quantitative estimate of drug-likeness (QED) is 0.393. The largest absolute Gasteiger partial charge is 0.354 e. The summed E-state index contributed by atoms with van der Waals surface area (Å²) < 4.78 is 3.71. The SMILES string of the molecule is C/N=C\c1cnn2cc(-c3cnn(C)c3)cc(-c3ccc(N4CCN(C5CCN(C)C5=O)CC4)nc3)c12. The van der Waals surface area contributed by atoms with Crippen LogP contribution in [0.5, 0.6) is 0 Å². The van der Waals surface area contributed by atoms with Crippen molar-refractivity contribution in [1.82, 2.24) is 34.2 Å². The van der Waals surface area contributed by atoms with Gasteiger partial charge in [-0.05, 0) is 24.6 Å². The van der Waals surface area contributed by atoms with E-state index in [1.807, 2.05) is 60.7 Å². The maximum absolute atomic E-state index is 12.4. The number of likely N-dealkylation sites (N-methyl/N-ethyl adjacent to an activating group) is 1. The number of hydrogen-bond donors (Lipinski definition) is 0. The van der Waals surface area contributed by atoms with Crippen molar-refractivity contribution in [2.75, 3.05) is 51.7 Å². The van der Waals surface area contributed by atoms with Gasteiger partial charge >= 0.3 is 0 Å². The second-order valence-electron chi connectivity index (χ2n) is 9.82. The van der Waals surface area contributed by atoms with Crippen LogP contribution >= 0.6 is 0 Å². The molecule has 0 spiro atoms. The van der Waals surface area contributed by atoms with Gasteiger partial charge in [0.25, 0.3) is 0 Å². The molecule has 0 saturated carbocycles. The highest BCUT2D eigenvalue weighted by molar-refractivity contribution is 5.97. The van der Waals surface area contributed by atoms with Gasteiger partial charge < -0.3 is 9.80 Å². The molecule has 2 saturated heterocycles. The second kappa shape index (κ2) is 9.44. The van der Waals surface area contributed by atoms with Gasteiger partial charge in [0.15, 0.2) is 0 Å². The van der Waals surface area contributed by atoms with Crippen molar-refractivity contribution >= 4 is 23.5 Å². The Hall–Kier alpha value is -4.05. The minimum absolute atomic E-state index is 0.0356. The number of pyridine rings is 2. The molecule has 0 bridgehead atoms. The van der Waals surface area contributed by atoms with Crippen LogP contribution in [0, 0.1) is 0 Å². The molecule has 2 aliphatic heterocycles. The van der Waals surface area contributed by atoms with E-state index in [1.165, 1.54) is 0 Å². The van der Waals surface area contributed by atoms with Crippen LogP contribution < -0.4 is 4.90 Å². The topological polar surface area (TPSA) is 87.2 Å². The number of aryl methyl sites for hydroxylation is 1. The predicted octanol–water partition coefficient (Wildman–Crippen LogP) is 2.20. The first kappa shape index (κ1) is 23.4. The van der Waals surface area contributed by atoms with Gasteiger partial charge in [0.2, 0.25) is 5.91 Å². The Labute approximate surface area is 215 Å². The van der Waals surface area contributed by atoms with Gasteiger partial charge in [-0.15, -0.1) is 0 Å². The molecule has 4 aromatic rings. The van der Waals surface area contributed by atoms with E-state index in [0.29, 0.717) is 0 Å². The maximum Gasteiger partial charge on any atom is 0.239 e. The number of anilines is 1. The molecule has 1 atom stereocenters. The fraction of sp³-hybridized carbons (Fsp3) is 0.370. The van der Waals surface area contributed by atoms with Crippen LogP contribution in [0.25, 0.3) is 27.8 Å². The zero-order valence-corrected chi connectivity index (χ0v) is 21.4. The predicted molar refractivity (Wildman–Crippen MR) is 144 cm³/mol. The van der Waals surface area contributed by atoms with Crippen molar-refractivity contribution in [3.8, 4) is 22.3 Å². The van der Waals surface area contributed by atoms with Crippen molar-refractivity contribution in [2.45, 2.75) is 12.5 Å². The number of aromatic nitrogens is 5. The molecule has 0 radical (unpaired) electrons. The molecule has 10 heteroatoms. The number of piperazine rings is 1. The summed E-state index contributed by atoms with van der Waals surface area (Å²) in [5, 5.41) is 8.93. The van der Waals surface area contributed by atoms with E-state index in [4.69, 9.17) is 4.98 Å². The van der Waals surface area contributed by atoms with Crippen LogP contribution in [0.15, 0.2) is 54.2 Å². The number of amides is 1. The van der Waals surface area contributed by atoms with Crippen LogP contribution in [0.4, 0.5) is 5.82 Å². The molecule has 0 aliphatic carbocycles. The number of likely N-dealkylation sites (tertiary alicyclic amines) is 1. The summed E-state index contributed by atoms with van der Waals surface area (Å²) in [6.45, 7) is 4.32. The summed E-state index contributed by atoms with van der Waals surface area (Å²) in [5.74, 6) is 1.21. The first-order chi connectivity index (χ1) is 18.0. The molecule has 4 aromatic heterocycles. The first-order valence-corrected chi connectivity index (χ1v) is 12.6. The van der Waals surface area contributed by atoms with Gasteiger partial charge in [-0.2, -0.15) is 10.2 Å². The van der Waals surface area contributed by atoms with E-state index >= 15 is 0 Å². The smallest absolute Gasteiger partial charge is 0.239 e. The summed E-state index contributed by atoms with van der Waals surface area (Å²) in [6, 6.07) is 6.43. The molecule has 190 valence electrons.